The molecule has 74 valence electrons. The Labute approximate surface area is 77.7 Å². The summed E-state index contributed by atoms with van der Waals surface area (Å²) >= 11 is 4.68. The predicted octanol–water partition coefficient (Wildman–Crippen LogP) is -1.65. The first-order valence-corrected chi connectivity index (χ1v) is 3.22. The third kappa shape index (κ3) is 4.69. The van der Waals surface area contributed by atoms with Crippen molar-refractivity contribution in [3.05, 3.63) is 0 Å². The molecule has 0 aromatic rings. The van der Waals surface area contributed by atoms with Crippen molar-refractivity contribution in [3.8, 4) is 0 Å². The highest BCUT2D eigenvalue weighted by Crippen LogP contribution is 1.88. The Kier molecular flexibility index (Phi) is 4.38. The molecule has 9 heteroatoms. The van der Waals surface area contributed by atoms with E-state index < -0.39 is 24.2 Å². The van der Waals surface area contributed by atoms with E-state index in [9.17, 15) is 14.4 Å². The lowest BCUT2D eigenvalue weighted by Gasteiger charge is -2.13. The summed E-state index contributed by atoms with van der Waals surface area (Å²) in [5, 5.41) is 3.66. The molecular weight excluding hydrogens is 204 g/mol. The summed E-state index contributed by atoms with van der Waals surface area (Å²) in [6, 6.07) is -2.08. The minimum Gasteiger partial charge on any atom is -0.352 e. The normalized spacial score (nSPS) is 9.08. The molecule has 0 aliphatic carbocycles. The molecule has 0 saturated heterocycles. The smallest absolute Gasteiger partial charge is 0.352 e. The maximum Gasteiger partial charge on any atom is 0.367 e. The van der Waals surface area contributed by atoms with Gasteiger partial charge < -0.3 is 26.4 Å². The van der Waals surface area contributed by atoms with E-state index in [2.05, 4.69) is 27.6 Å². The monoisotopic (exact) mass is 210 g/mol. The molecule has 13 heavy (non-hydrogen) atoms. The van der Waals surface area contributed by atoms with Crippen LogP contribution in [-0.4, -0.2) is 24.2 Å². The number of rotatable bonds is 3. The Bertz CT molecular complexity index is 216. The predicted molar refractivity (Wildman–Crippen MR) is 41.2 cm³/mol. The standard InChI is InChI=1S/C4H7ClN4O4/c5-13-2(10)1(8-3(6)11)9-4(7)12/h1H,(H3,6,8,11)(H3,7,9,12). The van der Waals surface area contributed by atoms with E-state index in [0.29, 0.717) is 0 Å². The number of halogens is 1. The molecule has 0 radical (unpaired) electrons. The number of nitrogens with two attached hydrogens (primary N) is 2. The molecule has 0 spiro atoms. The van der Waals surface area contributed by atoms with Crippen LogP contribution in [0.5, 0.6) is 0 Å². The van der Waals surface area contributed by atoms with Crippen molar-refractivity contribution in [2.45, 2.75) is 6.17 Å². The van der Waals surface area contributed by atoms with Crippen molar-refractivity contribution < 1.29 is 18.7 Å². The molecule has 6 N–H and O–H groups in total. The van der Waals surface area contributed by atoms with E-state index in [4.69, 9.17) is 0 Å². The highest BCUT2D eigenvalue weighted by molar-refractivity contribution is 6.14. The van der Waals surface area contributed by atoms with E-state index in [1.165, 1.54) is 0 Å². The van der Waals surface area contributed by atoms with E-state index in [-0.39, 0.29) is 0 Å². The molecule has 0 aromatic carbocycles. The van der Waals surface area contributed by atoms with Crippen molar-refractivity contribution in [3.63, 3.8) is 0 Å². The van der Waals surface area contributed by atoms with Gasteiger partial charge in [0.15, 0.2) is 0 Å². The topological polar surface area (TPSA) is 137 Å². The van der Waals surface area contributed by atoms with E-state index in [1.807, 2.05) is 10.6 Å². The second-order valence-electron chi connectivity index (χ2n) is 1.85. The minimum absolute atomic E-state index is 1.04. The quantitative estimate of drug-likeness (QED) is 0.415. The van der Waals surface area contributed by atoms with E-state index >= 15 is 0 Å². The molecule has 0 bridgehead atoms. The first kappa shape index (κ1) is 11.3. The molecule has 0 aliphatic heterocycles. The van der Waals surface area contributed by atoms with Crippen molar-refractivity contribution >= 4 is 29.9 Å². The average Bonchev–Trinajstić information content (AvgIpc) is 2.00. The van der Waals surface area contributed by atoms with Crippen LogP contribution in [0.15, 0.2) is 0 Å². The molecule has 0 fully saturated rings. The fourth-order valence-electron chi connectivity index (χ4n) is 0.483. The molecule has 0 aromatic heterocycles. The summed E-state index contributed by atoms with van der Waals surface area (Å²) in [6.07, 6.45) is -1.49. The van der Waals surface area contributed by atoms with Crippen molar-refractivity contribution in [2.75, 3.05) is 0 Å². The van der Waals surface area contributed by atoms with Crippen LogP contribution in [0.3, 0.4) is 0 Å². The largest absolute Gasteiger partial charge is 0.367 e. The fourth-order valence-corrected chi connectivity index (χ4v) is 0.572. The van der Waals surface area contributed by atoms with Crippen molar-refractivity contribution in [1.29, 1.82) is 0 Å². The van der Waals surface area contributed by atoms with E-state index in [0.717, 1.165) is 0 Å². The molecular formula is C4H7ClN4O4. The highest BCUT2D eigenvalue weighted by atomic mass is 35.5. The number of carbonyl (C=O) groups is 3. The minimum atomic E-state index is -1.49. The van der Waals surface area contributed by atoms with Gasteiger partial charge in [0, 0.05) is 0 Å². The number of primary amides is 2. The zero-order chi connectivity index (χ0) is 10.4. The molecule has 0 heterocycles. The van der Waals surface area contributed by atoms with Gasteiger partial charge in [-0.2, -0.15) is 0 Å². The SMILES string of the molecule is NC(=O)NC(NC(N)=O)C(=O)OCl. The van der Waals surface area contributed by atoms with Crippen LogP contribution in [0.4, 0.5) is 9.59 Å². The molecule has 0 atom stereocenters. The first-order valence-electron chi connectivity index (χ1n) is 2.91. The van der Waals surface area contributed by atoms with Crippen LogP contribution in [0.25, 0.3) is 0 Å². The van der Waals surface area contributed by atoms with Crippen molar-refractivity contribution in [2.24, 2.45) is 11.5 Å². The number of carbonyl (C=O) groups excluding carboxylic acids is 3. The Morgan fingerprint density at radius 2 is 1.54 bits per heavy atom. The van der Waals surface area contributed by atoms with Gasteiger partial charge in [0.2, 0.25) is 6.17 Å². The molecule has 0 unspecified atom stereocenters. The van der Waals surface area contributed by atoms with Gasteiger partial charge in [-0.25, -0.2) is 14.4 Å². The maximum absolute atomic E-state index is 10.7. The molecule has 0 saturated carbocycles. The van der Waals surface area contributed by atoms with E-state index in [1.54, 1.807) is 0 Å². The maximum atomic E-state index is 10.7. The van der Waals surface area contributed by atoms with Crippen LogP contribution < -0.4 is 22.1 Å². The highest BCUT2D eigenvalue weighted by Gasteiger charge is 2.22. The van der Waals surface area contributed by atoms with Crippen LogP contribution >= 0.6 is 11.9 Å². The lowest BCUT2D eigenvalue weighted by Crippen LogP contribution is -2.55. The number of urea groups is 2. The Balaban J connectivity index is 4.26. The van der Waals surface area contributed by atoms with Gasteiger partial charge in [0.05, 0.1) is 0 Å². The zero-order valence-corrected chi connectivity index (χ0v) is 7.00. The molecule has 4 amide bonds. The van der Waals surface area contributed by atoms with Gasteiger partial charge in [0.1, 0.15) is 11.9 Å². The lowest BCUT2D eigenvalue weighted by molar-refractivity contribution is -0.136. The number of hydrogen-bond acceptors (Lipinski definition) is 4. The van der Waals surface area contributed by atoms with Crippen LogP contribution in [0.2, 0.25) is 0 Å². The zero-order valence-electron chi connectivity index (χ0n) is 6.24. The van der Waals surface area contributed by atoms with Gasteiger partial charge in [-0.3, -0.25) is 0 Å². The summed E-state index contributed by atoms with van der Waals surface area (Å²) in [6.45, 7) is 0. The van der Waals surface area contributed by atoms with Gasteiger partial charge in [-0.1, -0.05) is 0 Å². The summed E-state index contributed by atoms with van der Waals surface area (Å²) < 4.78 is 3.71. The Morgan fingerprint density at radius 3 is 1.77 bits per heavy atom. The summed E-state index contributed by atoms with van der Waals surface area (Å²) in [5.74, 6) is -1.11. The number of amides is 4. The van der Waals surface area contributed by atoms with Gasteiger partial charge in [-0.15, -0.1) is 0 Å². The molecule has 0 aliphatic rings. The second-order valence-corrected chi connectivity index (χ2v) is 2.00. The van der Waals surface area contributed by atoms with Crippen LogP contribution in [0, 0.1) is 0 Å². The summed E-state index contributed by atoms with van der Waals surface area (Å²) in [4.78, 5) is 31.2. The van der Waals surface area contributed by atoms with Crippen molar-refractivity contribution in [1.82, 2.24) is 10.6 Å². The van der Waals surface area contributed by atoms with Gasteiger partial charge in [0.25, 0.3) is 0 Å². The van der Waals surface area contributed by atoms with Crippen LogP contribution in [-0.2, 0) is 9.08 Å². The Hall–Kier alpha value is -1.70. The third-order valence-electron chi connectivity index (χ3n) is 0.885. The summed E-state index contributed by atoms with van der Waals surface area (Å²) in [5.41, 5.74) is 9.34. The average molecular weight is 211 g/mol. The molecule has 0 rings (SSSR count). The number of hydrogen-bond donors (Lipinski definition) is 4. The third-order valence-corrected chi connectivity index (χ3v) is 1.04. The second kappa shape index (κ2) is 5.04. The Morgan fingerprint density at radius 1 is 1.15 bits per heavy atom. The van der Waals surface area contributed by atoms with Gasteiger partial charge >= 0.3 is 18.0 Å². The van der Waals surface area contributed by atoms with Crippen LogP contribution in [0.1, 0.15) is 0 Å². The first-order chi connectivity index (χ1) is 5.97. The number of nitrogens with one attached hydrogen (secondary N) is 2. The lowest BCUT2D eigenvalue weighted by atomic mass is 10.5. The summed E-state index contributed by atoms with van der Waals surface area (Å²) in [7, 11) is 0. The van der Waals surface area contributed by atoms with Gasteiger partial charge in [-0.05, 0) is 0 Å². The molecule has 8 nitrogen and oxygen atoms in total. The fraction of sp³-hybridized carbons (Fsp3) is 0.250.